The maximum absolute atomic E-state index is 11.0. The van der Waals surface area contributed by atoms with E-state index >= 15 is 0 Å². The molecule has 3 heteroatoms. The third kappa shape index (κ3) is 2.82. The van der Waals surface area contributed by atoms with Crippen LogP contribution in [-0.4, -0.2) is 11.1 Å². The van der Waals surface area contributed by atoms with Crippen molar-refractivity contribution in [1.29, 1.82) is 0 Å². The summed E-state index contributed by atoms with van der Waals surface area (Å²) in [5, 5.41) is 0.767. The minimum Gasteiger partial charge on any atom is -0.298 e. The fourth-order valence-corrected chi connectivity index (χ4v) is 2.18. The smallest absolute Gasteiger partial charge is 0.150 e. The fraction of sp³-hybridized carbons (Fsp3) is 0.417. The number of halogens is 2. The van der Waals surface area contributed by atoms with Crippen molar-refractivity contribution in [2.75, 3.05) is 0 Å². The van der Waals surface area contributed by atoms with Gasteiger partial charge in [0.15, 0.2) is 0 Å². The normalized spacial score (nSPS) is 12.6. The number of carbonyl (C=O) groups is 1. The first-order valence-corrected chi connectivity index (χ1v) is 6.14. The van der Waals surface area contributed by atoms with Crippen molar-refractivity contribution in [3.63, 3.8) is 0 Å². The van der Waals surface area contributed by atoms with Crippen LogP contribution in [-0.2, 0) is 6.42 Å². The molecule has 0 N–H and O–H groups in total. The maximum atomic E-state index is 11.0. The Balaban J connectivity index is 3.33. The molecule has 1 aromatic rings. The van der Waals surface area contributed by atoms with E-state index in [1.54, 1.807) is 0 Å². The quantitative estimate of drug-likeness (QED) is 0.605. The highest BCUT2D eigenvalue weighted by molar-refractivity contribution is 9.09. The first kappa shape index (κ1) is 12.7. The van der Waals surface area contributed by atoms with Gasteiger partial charge in [0, 0.05) is 15.4 Å². The van der Waals surface area contributed by atoms with Gasteiger partial charge in [0.1, 0.15) is 6.29 Å². The van der Waals surface area contributed by atoms with E-state index in [1.165, 1.54) is 0 Å². The van der Waals surface area contributed by atoms with E-state index in [1.807, 2.05) is 19.9 Å². The average Bonchev–Trinajstić information content (AvgIpc) is 2.18. The predicted molar refractivity (Wildman–Crippen MR) is 68.4 cm³/mol. The molecule has 82 valence electrons. The van der Waals surface area contributed by atoms with Crippen LogP contribution in [0.1, 0.15) is 34.0 Å². The Labute approximate surface area is 104 Å². The molecular formula is C12H14BrClO. The lowest BCUT2D eigenvalue weighted by molar-refractivity contribution is 0.112. The minimum atomic E-state index is 0.341. The third-order valence-corrected chi connectivity index (χ3v) is 3.37. The van der Waals surface area contributed by atoms with Crippen molar-refractivity contribution in [3.05, 3.63) is 33.3 Å². The first-order valence-electron chi connectivity index (χ1n) is 4.85. The van der Waals surface area contributed by atoms with E-state index in [0.29, 0.717) is 4.83 Å². The van der Waals surface area contributed by atoms with Gasteiger partial charge in [-0.1, -0.05) is 34.5 Å². The van der Waals surface area contributed by atoms with E-state index in [9.17, 15) is 4.79 Å². The lowest BCUT2D eigenvalue weighted by atomic mass is 9.96. The third-order valence-electron chi connectivity index (χ3n) is 2.46. The second-order valence-corrected chi connectivity index (χ2v) is 5.74. The molecule has 1 rings (SSSR count). The van der Waals surface area contributed by atoms with Crippen LogP contribution in [0.3, 0.4) is 0 Å². The van der Waals surface area contributed by atoms with Crippen molar-refractivity contribution < 1.29 is 4.79 Å². The van der Waals surface area contributed by atoms with E-state index in [2.05, 4.69) is 22.9 Å². The Bertz CT molecular complexity index is 386. The fourth-order valence-electron chi connectivity index (χ4n) is 1.69. The highest BCUT2D eigenvalue weighted by atomic mass is 79.9. The number of rotatable bonds is 3. The molecule has 1 aromatic carbocycles. The molecule has 0 spiro atoms. The van der Waals surface area contributed by atoms with E-state index in [0.717, 1.165) is 40.0 Å². The van der Waals surface area contributed by atoms with Gasteiger partial charge in [0.25, 0.3) is 0 Å². The van der Waals surface area contributed by atoms with Crippen molar-refractivity contribution >= 4 is 33.8 Å². The van der Waals surface area contributed by atoms with Gasteiger partial charge in [-0.25, -0.2) is 0 Å². The summed E-state index contributed by atoms with van der Waals surface area (Å²) in [6.07, 6.45) is 1.72. The standard InChI is InChI=1S/C12H14BrClO/c1-7-4-10(6-15)11(5-8(2)13)9(3)12(7)14/h4,6,8H,5H2,1-3H3. The summed E-state index contributed by atoms with van der Waals surface area (Å²) in [4.78, 5) is 11.3. The molecule has 0 radical (unpaired) electrons. The zero-order valence-corrected chi connectivity index (χ0v) is 11.4. The lowest BCUT2D eigenvalue weighted by Crippen LogP contribution is -2.05. The zero-order chi connectivity index (χ0) is 11.6. The van der Waals surface area contributed by atoms with Crippen molar-refractivity contribution in [2.24, 2.45) is 0 Å². The SMILES string of the molecule is Cc1cc(C=O)c(CC(C)Br)c(C)c1Cl. The molecule has 0 aromatic heterocycles. The predicted octanol–water partition coefficient (Wildman–Crippen LogP) is 4.10. The molecule has 0 saturated carbocycles. The molecule has 15 heavy (non-hydrogen) atoms. The Kier molecular flexibility index (Phi) is 4.35. The van der Waals surface area contributed by atoms with Crippen LogP contribution in [0.5, 0.6) is 0 Å². The van der Waals surface area contributed by atoms with E-state index in [4.69, 9.17) is 11.6 Å². The Morgan fingerprint density at radius 3 is 2.60 bits per heavy atom. The van der Waals surface area contributed by atoms with Gasteiger partial charge < -0.3 is 0 Å². The molecule has 0 aliphatic carbocycles. The van der Waals surface area contributed by atoms with Crippen LogP contribution in [0.2, 0.25) is 5.02 Å². The molecule has 0 aliphatic heterocycles. The first-order chi connectivity index (χ1) is 6.97. The average molecular weight is 290 g/mol. The topological polar surface area (TPSA) is 17.1 Å². The number of hydrogen-bond acceptors (Lipinski definition) is 1. The summed E-state index contributed by atoms with van der Waals surface area (Å²) in [6, 6.07) is 1.85. The van der Waals surface area contributed by atoms with Crippen LogP contribution >= 0.6 is 27.5 Å². The summed E-state index contributed by atoms with van der Waals surface area (Å²) in [7, 11) is 0. The van der Waals surface area contributed by atoms with Gasteiger partial charge >= 0.3 is 0 Å². The summed E-state index contributed by atoms with van der Waals surface area (Å²) in [5.74, 6) is 0. The molecular weight excluding hydrogens is 275 g/mol. The summed E-state index contributed by atoms with van der Waals surface area (Å²) < 4.78 is 0. The second-order valence-electron chi connectivity index (χ2n) is 3.80. The van der Waals surface area contributed by atoms with Crippen LogP contribution in [0, 0.1) is 13.8 Å². The monoisotopic (exact) mass is 288 g/mol. The molecule has 0 bridgehead atoms. The Morgan fingerprint density at radius 1 is 1.53 bits per heavy atom. The second kappa shape index (κ2) is 5.13. The van der Waals surface area contributed by atoms with Crippen LogP contribution in [0.4, 0.5) is 0 Å². The van der Waals surface area contributed by atoms with Gasteiger partial charge in [-0.05, 0) is 43.0 Å². The minimum absolute atomic E-state index is 0.341. The number of hydrogen-bond donors (Lipinski definition) is 0. The van der Waals surface area contributed by atoms with Crippen LogP contribution in [0.15, 0.2) is 6.07 Å². The van der Waals surface area contributed by atoms with Gasteiger partial charge in [-0.3, -0.25) is 4.79 Å². The zero-order valence-electron chi connectivity index (χ0n) is 9.10. The molecule has 1 atom stereocenters. The molecule has 0 heterocycles. The highest BCUT2D eigenvalue weighted by Crippen LogP contribution is 2.27. The van der Waals surface area contributed by atoms with Gasteiger partial charge in [-0.2, -0.15) is 0 Å². The molecule has 0 fully saturated rings. The Hall–Kier alpha value is -0.340. The number of carbonyl (C=O) groups excluding carboxylic acids is 1. The number of aldehydes is 1. The largest absolute Gasteiger partial charge is 0.298 e. The van der Waals surface area contributed by atoms with Crippen molar-refractivity contribution in [2.45, 2.75) is 32.0 Å². The van der Waals surface area contributed by atoms with Gasteiger partial charge in [0.2, 0.25) is 0 Å². The van der Waals surface area contributed by atoms with Gasteiger partial charge in [-0.15, -0.1) is 0 Å². The molecule has 0 saturated heterocycles. The number of benzene rings is 1. The molecule has 0 aliphatic rings. The molecule has 0 amide bonds. The highest BCUT2D eigenvalue weighted by Gasteiger charge is 2.12. The van der Waals surface area contributed by atoms with Crippen LogP contribution < -0.4 is 0 Å². The van der Waals surface area contributed by atoms with Gasteiger partial charge in [0.05, 0.1) is 0 Å². The summed E-state index contributed by atoms with van der Waals surface area (Å²) in [6.45, 7) is 5.94. The maximum Gasteiger partial charge on any atom is 0.150 e. The van der Waals surface area contributed by atoms with Crippen molar-refractivity contribution in [1.82, 2.24) is 0 Å². The van der Waals surface area contributed by atoms with E-state index in [-0.39, 0.29) is 0 Å². The van der Waals surface area contributed by atoms with Crippen molar-refractivity contribution in [3.8, 4) is 0 Å². The number of alkyl halides is 1. The van der Waals surface area contributed by atoms with Crippen LogP contribution in [0.25, 0.3) is 0 Å². The molecule has 1 unspecified atom stereocenters. The van der Waals surface area contributed by atoms with E-state index < -0.39 is 0 Å². The summed E-state index contributed by atoms with van der Waals surface area (Å²) >= 11 is 9.66. The molecule has 1 nitrogen and oxygen atoms in total. The summed E-state index contributed by atoms with van der Waals surface area (Å²) in [5.41, 5.74) is 3.78. The lowest BCUT2D eigenvalue weighted by Gasteiger charge is -2.14. The number of aryl methyl sites for hydroxylation is 1. The Morgan fingerprint density at radius 2 is 2.13 bits per heavy atom.